The number of rotatable bonds is 6. The van der Waals surface area contributed by atoms with E-state index in [0.717, 1.165) is 44.3 Å². The number of hydrogen-bond acceptors (Lipinski definition) is 4. The fourth-order valence-corrected chi connectivity index (χ4v) is 3.40. The van der Waals surface area contributed by atoms with Crippen LogP contribution in [-0.2, 0) is 16.4 Å². The van der Waals surface area contributed by atoms with Crippen LogP contribution in [0.4, 0.5) is 0 Å². The average molecular weight is 312 g/mol. The molecule has 0 bridgehead atoms. The highest BCUT2D eigenvalue weighted by molar-refractivity contribution is 7.89. The molecule has 2 rings (SSSR count). The molecule has 2 unspecified atom stereocenters. The Kier molecular flexibility index (Phi) is 5.37. The van der Waals surface area contributed by atoms with E-state index in [1.54, 1.807) is 24.3 Å². The summed E-state index contributed by atoms with van der Waals surface area (Å²) in [6, 6.07) is 6.70. The Balaban J connectivity index is 1.82. The van der Waals surface area contributed by atoms with Gasteiger partial charge in [0, 0.05) is 13.1 Å². The summed E-state index contributed by atoms with van der Waals surface area (Å²) in [7, 11) is -1.55. The molecule has 1 aromatic carbocycles. The molecule has 0 aromatic heterocycles. The van der Waals surface area contributed by atoms with E-state index in [-0.39, 0.29) is 11.0 Å². The van der Waals surface area contributed by atoms with Gasteiger partial charge in [-0.3, -0.25) is 0 Å². The third-order valence-corrected chi connectivity index (χ3v) is 5.13. The average Bonchev–Trinajstić information content (AvgIpc) is 2.81. The highest BCUT2D eigenvalue weighted by atomic mass is 32.2. The summed E-state index contributed by atoms with van der Waals surface area (Å²) in [4.78, 5) is 2.38. The van der Waals surface area contributed by atoms with Gasteiger partial charge in [0.05, 0.1) is 11.0 Å². The third kappa shape index (κ3) is 4.78. The summed E-state index contributed by atoms with van der Waals surface area (Å²) >= 11 is 0. The SMILES string of the molecule is CN(CCc1ccc(S(N)(=O)=O)cc1)CC1CCCC1O. The van der Waals surface area contributed by atoms with Crippen molar-refractivity contribution in [1.29, 1.82) is 0 Å². The Morgan fingerprint density at radius 2 is 1.95 bits per heavy atom. The minimum atomic E-state index is -3.61. The van der Waals surface area contributed by atoms with E-state index >= 15 is 0 Å². The van der Waals surface area contributed by atoms with E-state index in [0.29, 0.717) is 5.92 Å². The number of sulfonamides is 1. The van der Waals surface area contributed by atoms with Gasteiger partial charge in [-0.25, -0.2) is 13.6 Å². The van der Waals surface area contributed by atoms with Crippen LogP contribution in [0, 0.1) is 5.92 Å². The number of nitrogens with zero attached hydrogens (tertiary/aromatic N) is 1. The number of likely N-dealkylation sites (N-methyl/N-ethyl adjacent to an activating group) is 1. The fourth-order valence-electron chi connectivity index (χ4n) is 2.89. The van der Waals surface area contributed by atoms with E-state index in [1.165, 1.54) is 0 Å². The van der Waals surface area contributed by atoms with Crippen molar-refractivity contribution in [3.63, 3.8) is 0 Å². The van der Waals surface area contributed by atoms with Crippen LogP contribution in [0.3, 0.4) is 0 Å². The lowest BCUT2D eigenvalue weighted by Crippen LogP contribution is -2.31. The summed E-state index contributed by atoms with van der Waals surface area (Å²) in [6.45, 7) is 1.80. The van der Waals surface area contributed by atoms with E-state index in [4.69, 9.17) is 5.14 Å². The normalized spacial score (nSPS) is 22.9. The van der Waals surface area contributed by atoms with Gasteiger partial charge >= 0.3 is 0 Å². The monoisotopic (exact) mass is 312 g/mol. The zero-order chi connectivity index (χ0) is 15.5. The maximum Gasteiger partial charge on any atom is 0.238 e. The molecule has 0 heterocycles. The topological polar surface area (TPSA) is 83.6 Å². The summed E-state index contributed by atoms with van der Waals surface area (Å²) in [5.74, 6) is 0.389. The smallest absolute Gasteiger partial charge is 0.238 e. The molecule has 0 saturated heterocycles. The van der Waals surface area contributed by atoms with Gasteiger partial charge in [-0.1, -0.05) is 18.6 Å². The van der Waals surface area contributed by atoms with E-state index < -0.39 is 10.0 Å². The van der Waals surface area contributed by atoms with Crippen molar-refractivity contribution in [3.05, 3.63) is 29.8 Å². The van der Waals surface area contributed by atoms with Crippen molar-refractivity contribution in [2.45, 2.75) is 36.7 Å². The van der Waals surface area contributed by atoms with E-state index in [2.05, 4.69) is 11.9 Å². The molecule has 1 saturated carbocycles. The lowest BCUT2D eigenvalue weighted by Gasteiger charge is -2.23. The number of primary sulfonamides is 1. The quantitative estimate of drug-likeness (QED) is 0.820. The second kappa shape index (κ2) is 6.87. The van der Waals surface area contributed by atoms with Gasteiger partial charge in [0.2, 0.25) is 10.0 Å². The summed E-state index contributed by atoms with van der Waals surface area (Å²) in [6.07, 6.45) is 3.85. The highest BCUT2D eigenvalue weighted by Crippen LogP contribution is 2.26. The zero-order valence-corrected chi connectivity index (χ0v) is 13.2. The zero-order valence-electron chi connectivity index (χ0n) is 12.4. The van der Waals surface area contributed by atoms with Crippen LogP contribution in [0.1, 0.15) is 24.8 Å². The molecule has 0 radical (unpaired) electrons. The molecular formula is C15H24N2O3S. The van der Waals surface area contributed by atoms with Gasteiger partial charge in [-0.05, 0) is 49.9 Å². The van der Waals surface area contributed by atoms with Crippen molar-refractivity contribution >= 4 is 10.0 Å². The number of hydrogen-bond donors (Lipinski definition) is 2. The molecule has 0 aliphatic heterocycles. The van der Waals surface area contributed by atoms with Crippen molar-refractivity contribution in [2.75, 3.05) is 20.1 Å². The highest BCUT2D eigenvalue weighted by Gasteiger charge is 2.25. The Hall–Kier alpha value is -0.950. The molecule has 1 aliphatic rings. The van der Waals surface area contributed by atoms with E-state index in [9.17, 15) is 13.5 Å². The van der Waals surface area contributed by atoms with Crippen LogP contribution < -0.4 is 5.14 Å². The third-order valence-electron chi connectivity index (χ3n) is 4.20. The molecule has 0 amide bonds. The molecule has 6 heteroatoms. The first kappa shape index (κ1) is 16.4. The standard InChI is InChI=1S/C15H24N2O3S/c1-17(11-13-3-2-4-15(13)18)10-9-12-5-7-14(8-6-12)21(16,19)20/h5-8,13,15,18H,2-4,9-11H2,1H3,(H2,16,19,20). The molecule has 1 aromatic rings. The van der Waals surface area contributed by atoms with Crippen molar-refractivity contribution in [2.24, 2.45) is 11.1 Å². The molecule has 0 spiro atoms. The molecule has 21 heavy (non-hydrogen) atoms. The van der Waals surface area contributed by atoms with Crippen LogP contribution in [0.5, 0.6) is 0 Å². The number of benzene rings is 1. The Labute approximate surface area is 126 Å². The van der Waals surface area contributed by atoms with Gasteiger partial charge in [0.15, 0.2) is 0 Å². The van der Waals surface area contributed by atoms with Gasteiger partial charge in [-0.15, -0.1) is 0 Å². The van der Waals surface area contributed by atoms with Crippen LogP contribution in [0.25, 0.3) is 0 Å². The van der Waals surface area contributed by atoms with Gasteiger partial charge < -0.3 is 10.0 Å². The second-order valence-corrected chi connectivity index (χ2v) is 7.52. The van der Waals surface area contributed by atoms with Crippen LogP contribution in [0.2, 0.25) is 0 Å². The van der Waals surface area contributed by atoms with Crippen LogP contribution >= 0.6 is 0 Å². The molecular weight excluding hydrogens is 288 g/mol. The molecule has 1 aliphatic carbocycles. The van der Waals surface area contributed by atoms with Crippen LogP contribution in [-0.4, -0.2) is 44.7 Å². The predicted octanol–water partition coefficient (Wildman–Crippen LogP) is 0.969. The molecule has 2 atom stereocenters. The maximum atomic E-state index is 11.2. The van der Waals surface area contributed by atoms with Gasteiger partial charge in [0.1, 0.15) is 0 Å². The minimum Gasteiger partial charge on any atom is -0.393 e. The summed E-state index contributed by atoms with van der Waals surface area (Å²) in [5.41, 5.74) is 1.08. The van der Waals surface area contributed by atoms with Crippen molar-refractivity contribution in [3.8, 4) is 0 Å². The molecule has 1 fully saturated rings. The van der Waals surface area contributed by atoms with E-state index in [1.807, 2.05) is 0 Å². The number of nitrogens with two attached hydrogens (primary N) is 1. The summed E-state index contributed by atoms with van der Waals surface area (Å²) < 4.78 is 22.4. The Bertz CT molecular complexity index is 557. The predicted molar refractivity (Wildman–Crippen MR) is 82.4 cm³/mol. The lowest BCUT2D eigenvalue weighted by atomic mass is 10.1. The lowest BCUT2D eigenvalue weighted by molar-refractivity contribution is 0.110. The van der Waals surface area contributed by atoms with Crippen molar-refractivity contribution in [1.82, 2.24) is 4.90 Å². The van der Waals surface area contributed by atoms with Crippen molar-refractivity contribution < 1.29 is 13.5 Å². The first-order chi connectivity index (χ1) is 9.86. The van der Waals surface area contributed by atoms with Gasteiger partial charge in [-0.2, -0.15) is 0 Å². The molecule has 3 N–H and O–H groups in total. The molecule has 5 nitrogen and oxygen atoms in total. The minimum absolute atomic E-state index is 0.147. The Morgan fingerprint density at radius 3 is 2.48 bits per heavy atom. The Morgan fingerprint density at radius 1 is 1.29 bits per heavy atom. The fraction of sp³-hybridized carbons (Fsp3) is 0.600. The largest absolute Gasteiger partial charge is 0.393 e. The first-order valence-corrected chi connectivity index (χ1v) is 8.89. The molecule has 118 valence electrons. The number of aliphatic hydroxyl groups excluding tert-OH is 1. The van der Waals surface area contributed by atoms with Gasteiger partial charge in [0.25, 0.3) is 0 Å². The van der Waals surface area contributed by atoms with Crippen LogP contribution in [0.15, 0.2) is 29.2 Å². The summed E-state index contributed by atoms with van der Waals surface area (Å²) in [5, 5.41) is 14.9. The second-order valence-electron chi connectivity index (χ2n) is 5.96. The maximum absolute atomic E-state index is 11.2. The number of aliphatic hydroxyl groups is 1. The first-order valence-electron chi connectivity index (χ1n) is 7.34.